The second kappa shape index (κ2) is 12.8. The van der Waals surface area contributed by atoms with Gasteiger partial charge in [0.2, 0.25) is 6.54 Å². The minimum atomic E-state index is -0.522. The lowest BCUT2D eigenvalue weighted by molar-refractivity contribution is -0.479. The van der Waals surface area contributed by atoms with E-state index in [1.165, 1.54) is 11.8 Å². The molecule has 1 heterocycles. The number of thioether (sulfide) groups is 1. The summed E-state index contributed by atoms with van der Waals surface area (Å²) in [6, 6.07) is 18.2. The average molecular weight is 638 g/mol. The molecule has 1 aromatic heterocycles. The van der Waals surface area contributed by atoms with E-state index in [0.717, 1.165) is 22.6 Å². The van der Waals surface area contributed by atoms with Crippen LogP contribution >= 0.6 is 50.9 Å². The van der Waals surface area contributed by atoms with Crippen LogP contribution in [0.25, 0.3) is 5.69 Å². The number of ether oxygens (including phenoxy) is 2. The highest BCUT2D eigenvalue weighted by molar-refractivity contribution is 9.10. The largest absolute Gasteiger partial charge is 0.494 e. The van der Waals surface area contributed by atoms with Gasteiger partial charge in [-0.15, -0.1) is 10.2 Å². The number of nitrogens with zero attached hydrogens (tertiary/aromatic N) is 4. The lowest BCUT2D eigenvalue weighted by atomic mass is 10.1. The third-order valence-corrected chi connectivity index (χ3v) is 7.88. The predicted molar refractivity (Wildman–Crippen MR) is 153 cm³/mol. The lowest BCUT2D eigenvalue weighted by Crippen LogP contribution is -2.11. The molecular weight excluding hydrogens is 615 g/mol. The van der Waals surface area contributed by atoms with Crippen molar-refractivity contribution in [2.24, 2.45) is 0 Å². The summed E-state index contributed by atoms with van der Waals surface area (Å²) in [6.45, 7) is 4.28. The Morgan fingerprint density at radius 3 is 2.50 bits per heavy atom. The third kappa shape index (κ3) is 6.99. The summed E-state index contributed by atoms with van der Waals surface area (Å²) in [6.07, 6.45) is 0. The minimum Gasteiger partial charge on any atom is -0.494 e. The van der Waals surface area contributed by atoms with Gasteiger partial charge in [-0.2, -0.15) is 0 Å². The van der Waals surface area contributed by atoms with Crippen LogP contribution in [-0.4, -0.2) is 32.8 Å². The molecule has 0 fully saturated rings. The summed E-state index contributed by atoms with van der Waals surface area (Å²) in [7, 11) is 0. The molecule has 1 atom stereocenters. The molecule has 4 rings (SSSR count). The zero-order chi connectivity index (χ0) is 27.2. The van der Waals surface area contributed by atoms with E-state index >= 15 is 0 Å². The Hall–Kier alpha value is -2.79. The van der Waals surface area contributed by atoms with E-state index in [1.807, 2.05) is 54.8 Å². The standard InChI is InChI=1S/C26H23BrCl2N4O4S/c1-3-36-21-9-7-20(8-10-21)33-16(2)30-31-26(33)38-25(14-32(34)35)17-5-11-24(22(27)12-17)37-15-18-4-6-19(28)13-23(18)29/h4-13,25H,3,14-15H2,1-2H3/t25-/m0/s1. The molecule has 0 radical (unpaired) electrons. The number of benzene rings is 3. The summed E-state index contributed by atoms with van der Waals surface area (Å²) in [5.41, 5.74) is 2.37. The molecule has 38 heavy (non-hydrogen) atoms. The van der Waals surface area contributed by atoms with Gasteiger partial charge in [-0.1, -0.05) is 47.1 Å². The number of nitro groups is 1. The Balaban J connectivity index is 1.56. The number of halogens is 3. The number of rotatable bonds is 11. The highest BCUT2D eigenvalue weighted by atomic mass is 79.9. The van der Waals surface area contributed by atoms with E-state index in [0.29, 0.717) is 37.9 Å². The molecule has 0 saturated heterocycles. The smallest absolute Gasteiger partial charge is 0.220 e. The van der Waals surface area contributed by atoms with Gasteiger partial charge in [-0.05, 0) is 83.9 Å². The molecule has 12 heteroatoms. The Kier molecular flexibility index (Phi) is 9.54. The van der Waals surface area contributed by atoms with Gasteiger partial charge in [-0.25, -0.2) is 0 Å². The zero-order valence-corrected chi connectivity index (χ0v) is 24.4. The number of aromatic nitrogens is 3. The van der Waals surface area contributed by atoms with Crippen LogP contribution in [0.4, 0.5) is 0 Å². The molecular formula is C26H23BrCl2N4O4S. The van der Waals surface area contributed by atoms with Gasteiger partial charge in [0.05, 0.1) is 11.1 Å². The molecule has 0 N–H and O–H groups in total. The van der Waals surface area contributed by atoms with E-state index in [1.54, 1.807) is 24.3 Å². The van der Waals surface area contributed by atoms with Gasteiger partial charge in [0.1, 0.15) is 29.2 Å². The van der Waals surface area contributed by atoms with Crippen molar-refractivity contribution in [3.05, 3.63) is 102 Å². The van der Waals surface area contributed by atoms with Crippen LogP contribution in [0.2, 0.25) is 10.0 Å². The highest BCUT2D eigenvalue weighted by Gasteiger charge is 2.24. The fourth-order valence-corrected chi connectivity index (χ4v) is 5.81. The van der Waals surface area contributed by atoms with Crippen molar-refractivity contribution >= 4 is 50.9 Å². The maximum atomic E-state index is 11.6. The van der Waals surface area contributed by atoms with E-state index < -0.39 is 5.25 Å². The second-order valence-corrected chi connectivity index (χ2v) is 11.0. The van der Waals surface area contributed by atoms with Gasteiger partial charge in [-0.3, -0.25) is 14.7 Å². The summed E-state index contributed by atoms with van der Waals surface area (Å²) < 4.78 is 14.0. The van der Waals surface area contributed by atoms with Crippen molar-refractivity contribution in [1.82, 2.24) is 14.8 Å². The molecule has 198 valence electrons. The average Bonchev–Trinajstić information content (AvgIpc) is 3.24. The summed E-state index contributed by atoms with van der Waals surface area (Å²) in [5, 5.41) is 21.2. The molecule has 8 nitrogen and oxygen atoms in total. The van der Waals surface area contributed by atoms with Crippen LogP contribution < -0.4 is 9.47 Å². The third-order valence-electron chi connectivity index (χ3n) is 5.49. The summed E-state index contributed by atoms with van der Waals surface area (Å²) >= 11 is 17.0. The van der Waals surface area contributed by atoms with Gasteiger partial charge >= 0.3 is 0 Å². The first-order valence-electron chi connectivity index (χ1n) is 11.5. The van der Waals surface area contributed by atoms with Crippen LogP contribution in [0.15, 0.2) is 70.3 Å². The van der Waals surface area contributed by atoms with Crippen LogP contribution in [0.1, 0.15) is 29.1 Å². The normalized spacial score (nSPS) is 11.8. The molecule has 0 aliphatic rings. The van der Waals surface area contributed by atoms with Crippen molar-refractivity contribution in [3.63, 3.8) is 0 Å². The van der Waals surface area contributed by atoms with Gasteiger partial charge in [0, 0.05) is 26.2 Å². The molecule has 0 aliphatic heterocycles. The predicted octanol–water partition coefficient (Wildman–Crippen LogP) is 7.73. The number of aryl methyl sites for hydroxylation is 1. The fraction of sp³-hybridized carbons (Fsp3) is 0.231. The zero-order valence-electron chi connectivity index (χ0n) is 20.4. The molecule has 0 amide bonds. The van der Waals surface area contributed by atoms with Crippen molar-refractivity contribution in [2.75, 3.05) is 13.2 Å². The van der Waals surface area contributed by atoms with Crippen LogP contribution in [0, 0.1) is 17.0 Å². The fourth-order valence-electron chi connectivity index (χ4n) is 3.68. The molecule has 0 saturated carbocycles. The van der Waals surface area contributed by atoms with Crippen LogP contribution in [0.3, 0.4) is 0 Å². The Bertz CT molecular complexity index is 1440. The van der Waals surface area contributed by atoms with Gasteiger partial charge < -0.3 is 9.47 Å². The van der Waals surface area contributed by atoms with E-state index in [9.17, 15) is 10.1 Å². The lowest BCUT2D eigenvalue weighted by Gasteiger charge is -2.16. The Morgan fingerprint density at radius 2 is 1.84 bits per heavy atom. The second-order valence-electron chi connectivity index (χ2n) is 8.13. The van der Waals surface area contributed by atoms with Crippen molar-refractivity contribution < 1.29 is 14.4 Å². The minimum absolute atomic E-state index is 0.242. The maximum absolute atomic E-state index is 11.6. The van der Waals surface area contributed by atoms with E-state index in [4.69, 9.17) is 32.7 Å². The van der Waals surface area contributed by atoms with Crippen LogP contribution in [0.5, 0.6) is 11.5 Å². The molecule has 3 aromatic carbocycles. The first-order valence-corrected chi connectivity index (χ1v) is 14.0. The Morgan fingerprint density at radius 1 is 1.08 bits per heavy atom. The van der Waals surface area contributed by atoms with E-state index in [-0.39, 0.29) is 18.1 Å². The number of hydrogen-bond donors (Lipinski definition) is 0. The van der Waals surface area contributed by atoms with Gasteiger partial charge in [0.15, 0.2) is 5.16 Å². The molecule has 0 spiro atoms. The Labute approximate surface area is 242 Å². The number of hydrogen-bond acceptors (Lipinski definition) is 7. The maximum Gasteiger partial charge on any atom is 0.220 e. The summed E-state index contributed by atoms with van der Waals surface area (Å²) in [4.78, 5) is 11.2. The van der Waals surface area contributed by atoms with Gasteiger partial charge in [0.25, 0.3) is 0 Å². The van der Waals surface area contributed by atoms with Crippen LogP contribution in [-0.2, 0) is 6.61 Å². The van der Waals surface area contributed by atoms with Crippen molar-refractivity contribution in [3.8, 4) is 17.2 Å². The SMILES string of the molecule is CCOc1ccc(-n2c(C)nnc2S[C@@H](C[N+](=O)[O-])c2ccc(OCc3ccc(Cl)cc3Cl)c(Br)c2)cc1. The first kappa shape index (κ1) is 28.2. The van der Waals surface area contributed by atoms with Crippen molar-refractivity contribution in [2.45, 2.75) is 30.9 Å². The molecule has 0 aliphatic carbocycles. The van der Waals surface area contributed by atoms with Crippen molar-refractivity contribution in [1.29, 1.82) is 0 Å². The molecule has 0 unspecified atom stereocenters. The molecule has 0 bridgehead atoms. The first-order chi connectivity index (χ1) is 18.2. The summed E-state index contributed by atoms with van der Waals surface area (Å²) in [5.74, 6) is 2.01. The quantitative estimate of drug-likeness (QED) is 0.0943. The monoisotopic (exact) mass is 636 g/mol. The van der Waals surface area contributed by atoms with E-state index in [2.05, 4.69) is 26.1 Å². The highest BCUT2D eigenvalue weighted by Crippen LogP contribution is 2.39. The topological polar surface area (TPSA) is 92.3 Å². The molecule has 4 aromatic rings.